The van der Waals surface area contributed by atoms with Crippen molar-refractivity contribution in [1.29, 1.82) is 0 Å². The van der Waals surface area contributed by atoms with Crippen LogP contribution < -0.4 is 5.63 Å². The van der Waals surface area contributed by atoms with Crippen LogP contribution in [-0.4, -0.2) is 14.8 Å². The molecule has 1 aromatic carbocycles. The molecular formula is C19H15NO4. The third-order valence-electron chi connectivity index (χ3n) is 5.16. The third kappa shape index (κ3) is 1.67. The van der Waals surface area contributed by atoms with E-state index in [0.29, 0.717) is 11.3 Å². The summed E-state index contributed by atoms with van der Waals surface area (Å²) in [7, 11) is 0. The normalized spacial score (nSPS) is 21.3. The molecule has 2 N–H and O–H groups in total. The Morgan fingerprint density at radius 1 is 0.958 bits per heavy atom. The second kappa shape index (κ2) is 4.54. The molecule has 0 fully saturated rings. The summed E-state index contributed by atoms with van der Waals surface area (Å²) < 4.78 is 6.62. The van der Waals surface area contributed by atoms with E-state index in [1.54, 1.807) is 24.3 Å². The van der Waals surface area contributed by atoms with E-state index in [1.165, 1.54) is 10.6 Å². The number of nitrogens with zero attached hydrogens (tertiary/aromatic N) is 1. The number of hydrogen-bond donors (Lipinski definition) is 2. The van der Waals surface area contributed by atoms with Gasteiger partial charge in [0, 0.05) is 34.4 Å². The molecule has 2 heterocycles. The molecule has 6 rings (SSSR count). The van der Waals surface area contributed by atoms with Gasteiger partial charge in [0.25, 0.3) is 0 Å². The molecule has 0 unspecified atom stereocenters. The summed E-state index contributed by atoms with van der Waals surface area (Å²) in [5.41, 5.74) is 2.39. The lowest BCUT2D eigenvalue weighted by molar-refractivity contribution is 0.399. The fourth-order valence-electron chi connectivity index (χ4n) is 4.06. The molecule has 24 heavy (non-hydrogen) atoms. The standard InChI is InChI=1S/C19H15NO4/c21-15-8-5-12-9-13(6-7-14(12)24-15)20-18(22)16-10-1-2-11(4-3-10)17(16)19(20)23/h1-2,5-11,22-23H,3-4H2/t10-,11-/m0/s1. The summed E-state index contributed by atoms with van der Waals surface area (Å²) in [6, 6.07) is 8.23. The summed E-state index contributed by atoms with van der Waals surface area (Å²) in [6.07, 6.45) is 6.23. The Balaban J connectivity index is 1.75. The molecule has 3 aliphatic rings. The molecule has 2 aromatic heterocycles. The minimum absolute atomic E-state index is 0.0956. The van der Waals surface area contributed by atoms with Crippen molar-refractivity contribution in [2.24, 2.45) is 0 Å². The zero-order valence-electron chi connectivity index (χ0n) is 12.8. The number of rotatable bonds is 1. The number of benzene rings is 1. The number of hydrogen-bond acceptors (Lipinski definition) is 4. The second-order valence-corrected chi connectivity index (χ2v) is 6.46. The zero-order valence-corrected chi connectivity index (χ0v) is 12.8. The van der Waals surface area contributed by atoms with E-state index in [4.69, 9.17) is 4.42 Å². The van der Waals surface area contributed by atoms with Crippen LogP contribution in [0, 0.1) is 0 Å². The molecule has 0 saturated heterocycles. The summed E-state index contributed by atoms with van der Waals surface area (Å²) in [5.74, 6) is 0.517. The van der Waals surface area contributed by atoms with Crippen LogP contribution in [0.4, 0.5) is 0 Å². The molecule has 0 amide bonds. The van der Waals surface area contributed by atoms with Crippen molar-refractivity contribution in [3.8, 4) is 17.4 Å². The summed E-state index contributed by atoms with van der Waals surface area (Å²) in [5, 5.41) is 22.2. The second-order valence-electron chi connectivity index (χ2n) is 6.46. The van der Waals surface area contributed by atoms with Crippen LogP contribution in [0.3, 0.4) is 0 Å². The maximum Gasteiger partial charge on any atom is 0.336 e. The topological polar surface area (TPSA) is 75.6 Å². The van der Waals surface area contributed by atoms with Crippen molar-refractivity contribution in [3.63, 3.8) is 0 Å². The largest absolute Gasteiger partial charge is 0.494 e. The van der Waals surface area contributed by atoms with Gasteiger partial charge in [-0.25, -0.2) is 4.79 Å². The Morgan fingerprint density at radius 2 is 1.62 bits per heavy atom. The van der Waals surface area contributed by atoms with E-state index < -0.39 is 5.63 Å². The maximum absolute atomic E-state index is 11.3. The number of fused-ring (bicyclic) bond motifs is 2. The first-order valence-electron chi connectivity index (χ1n) is 8.02. The van der Waals surface area contributed by atoms with Crippen LogP contribution in [0.15, 0.2) is 51.7 Å². The monoisotopic (exact) mass is 321 g/mol. The van der Waals surface area contributed by atoms with E-state index in [0.717, 1.165) is 29.4 Å². The van der Waals surface area contributed by atoms with Gasteiger partial charge in [-0.3, -0.25) is 4.57 Å². The van der Waals surface area contributed by atoms with Crippen LogP contribution in [0.25, 0.3) is 16.7 Å². The molecule has 0 aliphatic heterocycles. The molecule has 120 valence electrons. The van der Waals surface area contributed by atoms with E-state index in [-0.39, 0.29) is 23.6 Å². The average Bonchev–Trinajstić information content (AvgIpc) is 2.89. The van der Waals surface area contributed by atoms with Crippen molar-refractivity contribution >= 4 is 11.0 Å². The van der Waals surface area contributed by atoms with E-state index in [2.05, 4.69) is 12.2 Å². The molecule has 2 atom stereocenters. The quantitative estimate of drug-likeness (QED) is 0.531. The van der Waals surface area contributed by atoms with E-state index in [1.807, 2.05) is 0 Å². The minimum atomic E-state index is -0.403. The van der Waals surface area contributed by atoms with Crippen molar-refractivity contribution in [2.75, 3.05) is 0 Å². The van der Waals surface area contributed by atoms with Gasteiger partial charge in [0.15, 0.2) is 0 Å². The van der Waals surface area contributed by atoms with Crippen LogP contribution in [0.2, 0.25) is 0 Å². The molecule has 0 saturated carbocycles. The predicted octanol–water partition coefficient (Wildman–Crippen LogP) is 3.53. The van der Waals surface area contributed by atoms with Crippen molar-refractivity contribution < 1.29 is 14.6 Å². The Kier molecular flexibility index (Phi) is 2.55. The first-order valence-corrected chi connectivity index (χ1v) is 8.02. The molecule has 3 aliphatic carbocycles. The molecule has 3 aromatic rings. The van der Waals surface area contributed by atoms with Gasteiger partial charge >= 0.3 is 5.63 Å². The molecule has 2 bridgehead atoms. The molecule has 0 radical (unpaired) electrons. The number of aromatic hydroxyl groups is 2. The molecule has 5 heteroatoms. The number of allylic oxidation sites excluding steroid dienone is 2. The Hall–Kier alpha value is -2.95. The zero-order chi connectivity index (χ0) is 16.4. The first-order chi connectivity index (χ1) is 11.6. The Labute approximate surface area is 137 Å². The summed E-state index contributed by atoms with van der Waals surface area (Å²) in [4.78, 5) is 11.3. The van der Waals surface area contributed by atoms with Crippen LogP contribution in [0.5, 0.6) is 11.8 Å². The lowest BCUT2D eigenvalue weighted by atomic mass is 9.73. The van der Waals surface area contributed by atoms with Gasteiger partial charge in [0.2, 0.25) is 11.8 Å². The van der Waals surface area contributed by atoms with Gasteiger partial charge < -0.3 is 14.6 Å². The van der Waals surface area contributed by atoms with Crippen molar-refractivity contribution in [1.82, 2.24) is 4.57 Å². The lowest BCUT2D eigenvalue weighted by Crippen LogP contribution is -2.15. The van der Waals surface area contributed by atoms with Crippen molar-refractivity contribution in [3.05, 3.63) is 64.0 Å². The fourth-order valence-corrected chi connectivity index (χ4v) is 4.06. The Bertz CT molecular complexity index is 1040. The van der Waals surface area contributed by atoms with Gasteiger partial charge in [0.05, 0.1) is 5.69 Å². The first kappa shape index (κ1) is 13.5. The smallest absolute Gasteiger partial charge is 0.336 e. The van der Waals surface area contributed by atoms with Crippen LogP contribution >= 0.6 is 0 Å². The van der Waals surface area contributed by atoms with Crippen LogP contribution in [-0.2, 0) is 0 Å². The maximum atomic E-state index is 11.3. The summed E-state index contributed by atoms with van der Waals surface area (Å²) >= 11 is 0. The Morgan fingerprint density at radius 3 is 2.25 bits per heavy atom. The average molecular weight is 321 g/mol. The van der Waals surface area contributed by atoms with Gasteiger partial charge in [-0.15, -0.1) is 0 Å². The molecule has 5 nitrogen and oxygen atoms in total. The van der Waals surface area contributed by atoms with Gasteiger partial charge in [-0.2, -0.15) is 0 Å². The summed E-state index contributed by atoms with van der Waals surface area (Å²) in [6.45, 7) is 0. The lowest BCUT2D eigenvalue weighted by Gasteiger charge is -2.30. The minimum Gasteiger partial charge on any atom is -0.494 e. The highest BCUT2D eigenvalue weighted by atomic mass is 16.4. The third-order valence-corrected chi connectivity index (χ3v) is 5.16. The highest BCUT2D eigenvalue weighted by molar-refractivity contribution is 5.79. The molecule has 0 spiro atoms. The fraction of sp³-hybridized carbons (Fsp3) is 0.211. The van der Waals surface area contributed by atoms with E-state index >= 15 is 0 Å². The van der Waals surface area contributed by atoms with Gasteiger partial charge in [-0.1, -0.05) is 12.2 Å². The van der Waals surface area contributed by atoms with E-state index in [9.17, 15) is 15.0 Å². The predicted molar refractivity (Wildman–Crippen MR) is 89.0 cm³/mol. The van der Waals surface area contributed by atoms with Gasteiger partial charge in [0.1, 0.15) is 5.58 Å². The highest BCUT2D eigenvalue weighted by Crippen LogP contribution is 2.54. The van der Waals surface area contributed by atoms with Gasteiger partial charge in [-0.05, 0) is 37.1 Å². The van der Waals surface area contributed by atoms with Crippen molar-refractivity contribution in [2.45, 2.75) is 24.7 Å². The van der Waals surface area contributed by atoms with Crippen LogP contribution in [0.1, 0.15) is 35.8 Å². The number of aromatic nitrogens is 1. The SMILES string of the molecule is O=c1ccc2cc(-n3c(O)c4c(c3O)[C@H]3C=C[C@H]4CC3)ccc2o1. The highest BCUT2D eigenvalue weighted by Gasteiger charge is 2.37. The molecular weight excluding hydrogens is 306 g/mol.